The number of amides is 2. The number of thiazole rings is 1. The Morgan fingerprint density at radius 1 is 1.06 bits per heavy atom. The predicted octanol–water partition coefficient (Wildman–Crippen LogP) is 5.13. The first-order valence-corrected chi connectivity index (χ1v) is 12.6. The van der Waals surface area contributed by atoms with Crippen molar-refractivity contribution in [3.05, 3.63) is 59.1 Å². The van der Waals surface area contributed by atoms with Crippen LogP contribution in [0.3, 0.4) is 0 Å². The maximum Gasteiger partial charge on any atom is 0.255 e. The number of piperidine rings is 1. The number of anilines is 1. The Balaban J connectivity index is 1.45. The van der Waals surface area contributed by atoms with E-state index in [9.17, 15) is 9.59 Å². The Hall–Kier alpha value is -3.39. The molecule has 0 bridgehead atoms. The van der Waals surface area contributed by atoms with E-state index < -0.39 is 0 Å². The molecule has 1 aliphatic rings. The molecule has 3 aromatic rings. The zero-order valence-corrected chi connectivity index (χ0v) is 21.4. The number of likely N-dealkylation sites (tertiary alicyclic amines) is 1. The van der Waals surface area contributed by atoms with Crippen LogP contribution in [0.5, 0.6) is 11.5 Å². The fourth-order valence-electron chi connectivity index (χ4n) is 4.63. The number of aromatic nitrogens is 1. The summed E-state index contributed by atoms with van der Waals surface area (Å²) in [5.74, 6) is 1.95. The smallest absolute Gasteiger partial charge is 0.255 e. The zero-order chi connectivity index (χ0) is 24.9. The summed E-state index contributed by atoms with van der Waals surface area (Å²) in [6.45, 7) is 5.83. The van der Waals surface area contributed by atoms with Crippen molar-refractivity contribution < 1.29 is 19.1 Å². The molecule has 2 unspecified atom stereocenters. The van der Waals surface area contributed by atoms with Crippen LogP contribution >= 0.6 is 11.3 Å². The molecule has 7 nitrogen and oxygen atoms in total. The molecule has 1 aromatic heterocycles. The number of hydrogen-bond acceptors (Lipinski definition) is 6. The van der Waals surface area contributed by atoms with Crippen molar-refractivity contribution in [1.82, 2.24) is 9.88 Å². The monoisotopic (exact) mass is 493 g/mol. The first-order valence-electron chi connectivity index (χ1n) is 11.7. The third-order valence-electron chi connectivity index (χ3n) is 6.11. The number of nitrogens with zero attached hydrogens (tertiary/aromatic N) is 2. The van der Waals surface area contributed by atoms with Crippen molar-refractivity contribution in [1.29, 1.82) is 0 Å². The van der Waals surface area contributed by atoms with Gasteiger partial charge >= 0.3 is 0 Å². The van der Waals surface area contributed by atoms with Gasteiger partial charge in [-0.05, 0) is 48.6 Å². The number of methoxy groups -OCH3 is 2. The second kappa shape index (κ2) is 10.9. The van der Waals surface area contributed by atoms with Crippen molar-refractivity contribution in [2.24, 2.45) is 11.8 Å². The molecule has 2 aromatic carbocycles. The summed E-state index contributed by atoms with van der Waals surface area (Å²) >= 11 is 1.46. The molecule has 184 valence electrons. The Kier molecular flexibility index (Phi) is 7.70. The fraction of sp³-hybridized carbons (Fsp3) is 0.370. The maximum atomic E-state index is 13.3. The average Bonchev–Trinajstić information content (AvgIpc) is 3.31. The van der Waals surface area contributed by atoms with E-state index in [1.807, 2.05) is 40.6 Å². The van der Waals surface area contributed by atoms with Gasteiger partial charge in [0.15, 0.2) is 11.5 Å². The average molecular weight is 494 g/mol. The molecular weight excluding hydrogens is 462 g/mol. The van der Waals surface area contributed by atoms with E-state index >= 15 is 0 Å². The van der Waals surface area contributed by atoms with Gasteiger partial charge in [0.05, 0.1) is 37.6 Å². The van der Waals surface area contributed by atoms with Gasteiger partial charge in [-0.25, -0.2) is 4.98 Å². The number of carbonyl (C=O) groups excluding carboxylic acids is 2. The highest BCUT2D eigenvalue weighted by molar-refractivity contribution is 7.13. The molecule has 0 spiro atoms. The highest BCUT2D eigenvalue weighted by Crippen LogP contribution is 2.33. The van der Waals surface area contributed by atoms with Gasteiger partial charge in [0.2, 0.25) is 5.91 Å². The molecule has 0 radical (unpaired) electrons. The van der Waals surface area contributed by atoms with Crippen molar-refractivity contribution in [2.45, 2.75) is 26.7 Å². The molecule has 1 saturated heterocycles. The Bertz CT molecular complexity index is 1200. The summed E-state index contributed by atoms with van der Waals surface area (Å²) in [6, 6.07) is 12.8. The van der Waals surface area contributed by atoms with Gasteiger partial charge in [-0.1, -0.05) is 26.0 Å². The summed E-state index contributed by atoms with van der Waals surface area (Å²) in [5.41, 5.74) is 2.61. The van der Waals surface area contributed by atoms with Crippen LogP contribution in [-0.4, -0.2) is 49.0 Å². The molecule has 35 heavy (non-hydrogen) atoms. The van der Waals surface area contributed by atoms with E-state index in [2.05, 4.69) is 24.1 Å². The second-order valence-electron chi connectivity index (χ2n) is 9.14. The molecule has 1 aliphatic heterocycles. The summed E-state index contributed by atoms with van der Waals surface area (Å²) < 4.78 is 10.7. The van der Waals surface area contributed by atoms with Gasteiger partial charge in [0.1, 0.15) is 5.01 Å². The van der Waals surface area contributed by atoms with Crippen LogP contribution in [0.15, 0.2) is 47.8 Å². The maximum absolute atomic E-state index is 13.3. The van der Waals surface area contributed by atoms with Gasteiger partial charge in [0, 0.05) is 24.0 Å². The first kappa shape index (κ1) is 24.7. The number of nitrogens with one attached hydrogen (secondary N) is 1. The van der Waals surface area contributed by atoms with Crippen LogP contribution in [0.25, 0.3) is 10.6 Å². The number of hydrogen-bond donors (Lipinski definition) is 1. The van der Waals surface area contributed by atoms with Gasteiger partial charge in [-0.15, -0.1) is 11.3 Å². The number of carbonyl (C=O) groups is 2. The molecule has 0 saturated carbocycles. The quantitative estimate of drug-likeness (QED) is 0.494. The minimum Gasteiger partial charge on any atom is -0.493 e. The summed E-state index contributed by atoms with van der Waals surface area (Å²) in [5, 5.41) is 5.59. The molecule has 8 heteroatoms. The number of para-hydroxylation sites is 1. The minimum atomic E-state index is -0.213. The van der Waals surface area contributed by atoms with Gasteiger partial charge in [0.25, 0.3) is 5.91 Å². The van der Waals surface area contributed by atoms with Crippen molar-refractivity contribution >= 4 is 28.8 Å². The minimum absolute atomic E-state index is 0.0382. The van der Waals surface area contributed by atoms with Gasteiger partial charge in [-0.2, -0.15) is 0 Å². The number of benzene rings is 2. The largest absolute Gasteiger partial charge is 0.493 e. The Labute approximate surface area is 210 Å². The van der Waals surface area contributed by atoms with Crippen molar-refractivity contribution in [3.8, 4) is 22.1 Å². The normalized spacial score (nSPS) is 17.7. The molecule has 2 atom stereocenters. The number of ether oxygens (including phenoxy) is 2. The van der Waals surface area contributed by atoms with Crippen LogP contribution in [0, 0.1) is 11.8 Å². The number of rotatable bonds is 7. The second-order valence-corrected chi connectivity index (χ2v) is 10.00. The first-order chi connectivity index (χ1) is 16.9. The molecule has 2 heterocycles. The lowest BCUT2D eigenvalue weighted by Gasteiger charge is -2.35. The van der Waals surface area contributed by atoms with Crippen LogP contribution in [-0.2, 0) is 11.2 Å². The fourth-order valence-corrected chi connectivity index (χ4v) is 5.44. The lowest BCUT2D eigenvalue weighted by Crippen LogP contribution is -2.42. The summed E-state index contributed by atoms with van der Waals surface area (Å²) in [4.78, 5) is 32.6. The highest BCUT2D eigenvalue weighted by Gasteiger charge is 2.27. The standard InChI is InChI=1S/C27H31N3O4S/c1-17-11-18(2)15-30(14-17)27(32)21-7-5-6-8-22(21)29-25(31)13-20-16-35-26(28-20)19-9-10-23(33-3)24(12-19)34-4/h5-10,12,16-18H,11,13-15H2,1-4H3,(H,29,31). The highest BCUT2D eigenvalue weighted by atomic mass is 32.1. The molecule has 2 amide bonds. The molecular formula is C27H31N3O4S. The third-order valence-corrected chi connectivity index (χ3v) is 7.05. The van der Waals surface area contributed by atoms with E-state index in [1.54, 1.807) is 26.4 Å². The third kappa shape index (κ3) is 5.82. The van der Waals surface area contributed by atoms with Crippen LogP contribution in [0.1, 0.15) is 36.3 Å². The van der Waals surface area contributed by atoms with E-state index in [0.29, 0.717) is 40.3 Å². The zero-order valence-electron chi connectivity index (χ0n) is 20.5. The van der Waals surface area contributed by atoms with Crippen molar-refractivity contribution in [3.63, 3.8) is 0 Å². The lowest BCUT2D eigenvalue weighted by atomic mass is 9.91. The molecule has 0 aliphatic carbocycles. The lowest BCUT2D eigenvalue weighted by molar-refractivity contribution is -0.115. The molecule has 1 fully saturated rings. The predicted molar refractivity (Wildman–Crippen MR) is 138 cm³/mol. The summed E-state index contributed by atoms with van der Waals surface area (Å²) in [6.07, 6.45) is 1.24. The topological polar surface area (TPSA) is 80.8 Å². The van der Waals surface area contributed by atoms with Crippen LogP contribution in [0.2, 0.25) is 0 Å². The van der Waals surface area contributed by atoms with Crippen LogP contribution in [0.4, 0.5) is 5.69 Å². The molecule has 1 N–H and O–H groups in total. The van der Waals surface area contributed by atoms with Crippen LogP contribution < -0.4 is 14.8 Å². The van der Waals surface area contributed by atoms with E-state index in [0.717, 1.165) is 30.1 Å². The Morgan fingerprint density at radius 2 is 1.77 bits per heavy atom. The van der Waals surface area contributed by atoms with Crippen molar-refractivity contribution in [2.75, 3.05) is 32.6 Å². The molecule has 4 rings (SSSR count). The summed E-state index contributed by atoms with van der Waals surface area (Å²) in [7, 11) is 3.19. The van der Waals surface area contributed by atoms with Gasteiger partial charge in [-0.3, -0.25) is 9.59 Å². The van der Waals surface area contributed by atoms with E-state index in [4.69, 9.17) is 9.47 Å². The van der Waals surface area contributed by atoms with E-state index in [1.165, 1.54) is 11.3 Å². The van der Waals surface area contributed by atoms with E-state index in [-0.39, 0.29) is 18.2 Å². The SMILES string of the molecule is COc1ccc(-c2nc(CC(=O)Nc3ccccc3C(=O)N3CC(C)CC(C)C3)cs2)cc1OC. The Morgan fingerprint density at radius 3 is 2.49 bits per heavy atom. The van der Waals surface area contributed by atoms with Gasteiger partial charge < -0.3 is 19.7 Å².